The highest BCUT2D eigenvalue weighted by Crippen LogP contribution is 2.27. The normalized spacial score (nSPS) is 17.7. The van der Waals surface area contributed by atoms with Crippen molar-refractivity contribution in [1.82, 2.24) is 14.7 Å². The lowest BCUT2D eigenvalue weighted by molar-refractivity contribution is 0.100. The molecule has 0 radical (unpaired) electrons. The van der Waals surface area contributed by atoms with Crippen LogP contribution in [0.25, 0.3) is 0 Å². The fourth-order valence-electron chi connectivity index (χ4n) is 3.11. The third-order valence-corrected chi connectivity index (χ3v) is 4.46. The van der Waals surface area contributed by atoms with E-state index in [4.69, 9.17) is 21.1 Å². The lowest BCUT2D eigenvalue weighted by Crippen LogP contribution is -2.37. The molecule has 0 bridgehead atoms. The summed E-state index contributed by atoms with van der Waals surface area (Å²) in [4.78, 5) is 2.41. The second-order valence-corrected chi connectivity index (χ2v) is 6.54. The van der Waals surface area contributed by atoms with Crippen LogP contribution in [0, 0.1) is 0 Å². The molecule has 1 aromatic carbocycles. The number of ether oxygens (including phenoxy) is 2. The molecule has 3 rings (SSSR count). The highest BCUT2D eigenvalue weighted by atomic mass is 35.5. The summed E-state index contributed by atoms with van der Waals surface area (Å²) in [6, 6.07) is 7.49. The van der Waals surface area contributed by atoms with E-state index in [1.165, 1.54) is 11.3 Å². The number of hydrogen-bond acceptors (Lipinski definition) is 4. The molecular formula is C18H24ClN3O2. The van der Waals surface area contributed by atoms with Crippen LogP contribution >= 0.6 is 11.6 Å². The molecule has 1 atom stereocenters. The van der Waals surface area contributed by atoms with Crippen LogP contribution in [0.5, 0.6) is 5.75 Å². The number of hydrogen-bond donors (Lipinski definition) is 0. The zero-order valence-electron chi connectivity index (χ0n) is 14.2. The third-order valence-electron chi connectivity index (χ3n) is 4.21. The molecule has 0 saturated heterocycles. The zero-order chi connectivity index (χ0) is 16.9. The molecule has 5 nitrogen and oxygen atoms in total. The zero-order valence-corrected chi connectivity index (χ0v) is 15.0. The first-order chi connectivity index (χ1) is 11.7. The molecule has 2 heterocycles. The van der Waals surface area contributed by atoms with Crippen LogP contribution in [0.2, 0.25) is 5.02 Å². The summed E-state index contributed by atoms with van der Waals surface area (Å²) in [5, 5.41) is 5.35. The van der Waals surface area contributed by atoms with Gasteiger partial charge in [-0.05, 0) is 31.2 Å². The fraction of sp³-hybridized carbons (Fsp3) is 0.500. The van der Waals surface area contributed by atoms with E-state index in [2.05, 4.69) is 16.2 Å². The highest BCUT2D eigenvalue weighted by Gasteiger charge is 2.28. The standard InChI is InChI=1S/C18H24ClN3O2/c1-3-23-13-15-12-22(11-14-10-21(2)20-18(14)15)8-9-24-17-6-4-16(19)5-7-17/h4-7,10,15H,3,8-9,11-13H2,1-2H3/t15-/m1/s1. The number of nitrogens with zero attached hydrogens (tertiary/aromatic N) is 3. The molecule has 0 unspecified atom stereocenters. The molecule has 24 heavy (non-hydrogen) atoms. The van der Waals surface area contributed by atoms with Crippen molar-refractivity contribution in [2.24, 2.45) is 7.05 Å². The van der Waals surface area contributed by atoms with Crippen molar-refractivity contribution in [2.75, 3.05) is 32.9 Å². The van der Waals surface area contributed by atoms with Gasteiger partial charge in [0, 0.05) is 56.0 Å². The van der Waals surface area contributed by atoms with E-state index in [0.717, 1.165) is 43.6 Å². The maximum atomic E-state index is 5.89. The van der Waals surface area contributed by atoms with Gasteiger partial charge in [0.05, 0.1) is 12.3 Å². The van der Waals surface area contributed by atoms with Crippen LogP contribution in [-0.4, -0.2) is 47.6 Å². The Kier molecular flexibility index (Phi) is 5.76. The Labute approximate surface area is 148 Å². The summed E-state index contributed by atoms with van der Waals surface area (Å²) in [6.45, 7) is 6.87. The molecule has 1 aliphatic heterocycles. The molecular weight excluding hydrogens is 326 g/mol. The van der Waals surface area contributed by atoms with Crippen molar-refractivity contribution in [3.8, 4) is 5.75 Å². The van der Waals surface area contributed by atoms with E-state index in [9.17, 15) is 0 Å². The molecule has 1 aliphatic rings. The molecule has 0 fully saturated rings. The Bertz CT molecular complexity index is 657. The maximum absolute atomic E-state index is 5.89. The number of rotatable bonds is 7. The molecule has 0 spiro atoms. The lowest BCUT2D eigenvalue weighted by Gasteiger charge is -2.31. The molecule has 2 aromatic rings. The van der Waals surface area contributed by atoms with Gasteiger partial charge < -0.3 is 9.47 Å². The number of benzene rings is 1. The maximum Gasteiger partial charge on any atom is 0.119 e. The van der Waals surface area contributed by atoms with E-state index in [-0.39, 0.29) is 0 Å². The minimum atomic E-state index is 0.324. The van der Waals surface area contributed by atoms with Crippen molar-refractivity contribution in [3.63, 3.8) is 0 Å². The van der Waals surface area contributed by atoms with Crippen molar-refractivity contribution < 1.29 is 9.47 Å². The van der Waals surface area contributed by atoms with Gasteiger partial charge in [0.25, 0.3) is 0 Å². The average Bonchev–Trinajstić information content (AvgIpc) is 2.95. The van der Waals surface area contributed by atoms with E-state index in [1.54, 1.807) is 0 Å². The minimum absolute atomic E-state index is 0.324. The Morgan fingerprint density at radius 1 is 1.29 bits per heavy atom. The number of aryl methyl sites for hydroxylation is 1. The van der Waals surface area contributed by atoms with E-state index in [0.29, 0.717) is 12.5 Å². The first-order valence-electron chi connectivity index (χ1n) is 8.36. The molecule has 0 aliphatic carbocycles. The van der Waals surface area contributed by atoms with Crippen molar-refractivity contribution in [1.29, 1.82) is 0 Å². The molecule has 6 heteroatoms. The van der Waals surface area contributed by atoms with Crippen LogP contribution in [0.1, 0.15) is 24.1 Å². The summed E-state index contributed by atoms with van der Waals surface area (Å²) >= 11 is 5.89. The van der Waals surface area contributed by atoms with Crippen LogP contribution in [0.4, 0.5) is 0 Å². The Morgan fingerprint density at radius 2 is 2.08 bits per heavy atom. The predicted molar refractivity (Wildman–Crippen MR) is 94.7 cm³/mol. The van der Waals surface area contributed by atoms with Crippen molar-refractivity contribution >= 4 is 11.6 Å². The van der Waals surface area contributed by atoms with E-state index >= 15 is 0 Å². The first kappa shape index (κ1) is 17.3. The summed E-state index contributed by atoms with van der Waals surface area (Å²) in [7, 11) is 1.98. The molecule has 130 valence electrons. The van der Waals surface area contributed by atoms with Crippen molar-refractivity contribution in [3.05, 3.63) is 46.7 Å². The van der Waals surface area contributed by atoms with Gasteiger partial charge in [-0.15, -0.1) is 0 Å². The third kappa shape index (κ3) is 4.29. The average molecular weight is 350 g/mol. The SMILES string of the molecule is CCOC[C@H]1CN(CCOc2ccc(Cl)cc2)Cc2cn(C)nc21. The van der Waals surface area contributed by atoms with Gasteiger partial charge in [-0.3, -0.25) is 9.58 Å². The van der Waals surface area contributed by atoms with E-state index < -0.39 is 0 Å². The second-order valence-electron chi connectivity index (χ2n) is 6.11. The highest BCUT2D eigenvalue weighted by molar-refractivity contribution is 6.30. The van der Waals surface area contributed by atoms with Crippen LogP contribution in [0.3, 0.4) is 0 Å². The van der Waals surface area contributed by atoms with Gasteiger partial charge in [0.1, 0.15) is 12.4 Å². The van der Waals surface area contributed by atoms with E-state index in [1.807, 2.05) is 42.9 Å². The smallest absolute Gasteiger partial charge is 0.119 e. The lowest BCUT2D eigenvalue weighted by atomic mass is 9.97. The Balaban J connectivity index is 1.57. The van der Waals surface area contributed by atoms with Crippen LogP contribution in [0.15, 0.2) is 30.5 Å². The second kappa shape index (κ2) is 8.01. The fourth-order valence-corrected chi connectivity index (χ4v) is 3.24. The minimum Gasteiger partial charge on any atom is -0.492 e. The first-order valence-corrected chi connectivity index (χ1v) is 8.74. The largest absolute Gasteiger partial charge is 0.492 e. The van der Waals surface area contributed by atoms with Gasteiger partial charge >= 0.3 is 0 Å². The number of halogens is 1. The quantitative estimate of drug-likeness (QED) is 0.770. The molecule has 0 N–H and O–H groups in total. The van der Waals surface area contributed by atoms with Gasteiger partial charge in [-0.25, -0.2) is 0 Å². The van der Waals surface area contributed by atoms with Crippen LogP contribution in [-0.2, 0) is 18.3 Å². The van der Waals surface area contributed by atoms with Crippen LogP contribution < -0.4 is 4.74 Å². The number of fused-ring (bicyclic) bond motifs is 1. The summed E-state index contributed by atoms with van der Waals surface area (Å²) in [5.74, 6) is 1.18. The monoisotopic (exact) mass is 349 g/mol. The summed E-state index contributed by atoms with van der Waals surface area (Å²) < 4.78 is 13.4. The van der Waals surface area contributed by atoms with Gasteiger partial charge in [-0.2, -0.15) is 5.10 Å². The summed E-state index contributed by atoms with van der Waals surface area (Å²) in [5.41, 5.74) is 2.47. The Morgan fingerprint density at radius 3 is 2.83 bits per heavy atom. The Hall–Kier alpha value is -1.56. The predicted octanol–water partition coefficient (Wildman–Crippen LogP) is 3.09. The summed E-state index contributed by atoms with van der Waals surface area (Å²) in [6.07, 6.45) is 2.11. The van der Waals surface area contributed by atoms with Gasteiger partial charge in [0.2, 0.25) is 0 Å². The number of aromatic nitrogens is 2. The molecule has 0 amide bonds. The molecule has 1 aromatic heterocycles. The topological polar surface area (TPSA) is 39.5 Å². The molecule has 0 saturated carbocycles. The van der Waals surface area contributed by atoms with Gasteiger partial charge in [0.15, 0.2) is 0 Å². The van der Waals surface area contributed by atoms with Gasteiger partial charge in [-0.1, -0.05) is 11.6 Å². The van der Waals surface area contributed by atoms with Crippen molar-refractivity contribution in [2.45, 2.75) is 19.4 Å².